The molecule has 0 aliphatic heterocycles. The van der Waals surface area contributed by atoms with Crippen LogP contribution in [0, 0.1) is 6.92 Å². The van der Waals surface area contributed by atoms with Crippen LogP contribution in [-0.4, -0.2) is 36.4 Å². The fourth-order valence-electron chi connectivity index (χ4n) is 4.62. The Hall–Kier alpha value is -3.54. The molecule has 178 valence electrons. The van der Waals surface area contributed by atoms with Crippen LogP contribution in [0.2, 0.25) is 0 Å². The maximum absolute atomic E-state index is 13.7. The number of nitrogens with zero attached hydrogens (tertiary/aromatic N) is 1. The second-order valence-corrected chi connectivity index (χ2v) is 8.88. The van der Waals surface area contributed by atoms with Crippen LogP contribution in [0.25, 0.3) is 0 Å². The lowest BCUT2D eigenvalue weighted by atomic mass is 10.0. The lowest BCUT2D eigenvalue weighted by Crippen LogP contribution is -2.46. The monoisotopic (exact) mass is 460 g/mol. The molecule has 1 atom stereocenters. The first-order chi connectivity index (χ1) is 16.5. The fourth-order valence-corrected chi connectivity index (χ4v) is 4.62. The maximum atomic E-state index is 13.7. The summed E-state index contributed by atoms with van der Waals surface area (Å²) in [5.74, 6) is 0.444. The van der Waals surface area contributed by atoms with E-state index in [1.165, 1.54) is 6.26 Å². The Balaban J connectivity index is 1.68. The topological polar surface area (TPSA) is 71.8 Å². The predicted octanol–water partition coefficient (Wildman–Crippen LogP) is 5.08. The molecule has 1 heterocycles. The average molecular weight is 461 g/mol. The quantitative estimate of drug-likeness (QED) is 0.483. The summed E-state index contributed by atoms with van der Waals surface area (Å²) in [5.41, 5.74) is 3.01. The highest BCUT2D eigenvalue weighted by molar-refractivity contribution is 5.96. The number of aryl methyl sites for hydroxylation is 1. The second-order valence-electron chi connectivity index (χ2n) is 8.88. The summed E-state index contributed by atoms with van der Waals surface area (Å²) in [4.78, 5) is 28.9. The largest absolute Gasteiger partial charge is 0.497 e. The van der Waals surface area contributed by atoms with Gasteiger partial charge in [0.2, 0.25) is 5.91 Å². The van der Waals surface area contributed by atoms with Gasteiger partial charge in [-0.25, -0.2) is 0 Å². The molecule has 0 saturated heterocycles. The zero-order valence-electron chi connectivity index (χ0n) is 19.8. The van der Waals surface area contributed by atoms with Gasteiger partial charge in [-0.05, 0) is 61.6 Å². The van der Waals surface area contributed by atoms with Gasteiger partial charge in [0.05, 0.1) is 13.4 Å². The highest BCUT2D eigenvalue weighted by Crippen LogP contribution is 2.28. The van der Waals surface area contributed by atoms with Gasteiger partial charge in [0, 0.05) is 12.6 Å². The standard InChI is InChI=1S/C28H32N2O4/c1-20-7-5-8-21(19-20)16-17-30(28(32)25-11-6-18-34-25)26(22-12-14-24(33-2)15-13-22)27(31)29-23-9-3-4-10-23/h5-8,11-15,18-19,23,26H,3-4,9-10,16-17H2,1-2H3,(H,29,31). The summed E-state index contributed by atoms with van der Waals surface area (Å²) in [5, 5.41) is 3.20. The predicted molar refractivity (Wildman–Crippen MR) is 131 cm³/mol. The number of methoxy groups -OCH3 is 1. The van der Waals surface area contributed by atoms with Crippen molar-refractivity contribution in [3.8, 4) is 5.75 Å². The molecular weight excluding hydrogens is 428 g/mol. The van der Waals surface area contributed by atoms with Crippen molar-refractivity contribution in [2.24, 2.45) is 0 Å². The molecule has 1 aliphatic rings. The molecule has 1 unspecified atom stereocenters. The molecule has 0 bridgehead atoms. The number of ether oxygens (including phenoxy) is 1. The number of furan rings is 1. The van der Waals surface area contributed by atoms with Crippen molar-refractivity contribution in [3.05, 3.63) is 89.4 Å². The van der Waals surface area contributed by atoms with Crippen LogP contribution in [-0.2, 0) is 11.2 Å². The third-order valence-electron chi connectivity index (χ3n) is 6.41. The van der Waals surface area contributed by atoms with E-state index in [9.17, 15) is 9.59 Å². The highest BCUT2D eigenvalue weighted by atomic mass is 16.5. The summed E-state index contributed by atoms with van der Waals surface area (Å²) < 4.78 is 10.7. The lowest BCUT2D eigenvalue weighted by molar-refractivity contribution is -0.126. The minimum Gasteiger partial charge on any atom is -0.497 e. The molecule has 1 N–H and O–H groups in total. The minimum atomic E-state index is -0.783. The van der Waals surface area contributed by atoms with E-state index >= 15 is 0 Å². The molecule has 0 spiro atoms. The van der Waals surface area contributed by atoms with Gasteiger partial charge in [-0.3, -0.25) is 9.59 Å². The smallest absolute Gasteiger partial charge is 0.290 e. The molecule has 0 radical (unpaired) electrons. The molecule has 34 heavy (non-hydrogen) atoms. The normalized spacial score (nSPS) is 14.5. The van der Waals surface area contributed by atoms with E-state index in [0.29, 0.717) is 18.7 Å². The third kappa shape index (κ3) is 5.68. The number of nitrogens with one attached hydrogen (secondary N) is 1. The van der Waals surface area contributed by atoms with Crippen molar-refractivity contribution >= 4 is 11.8 Å². The van der Waals surface area contributed by atoms with E-state index < -0.39 is 6.04 Å². The number of carbonyl (C=O) groups is 2. The van der Waals surface area contributed by atoms with Crippen LogP contribution in [0.3, 0.4) is 0 Å². The van der Waals surface area contributed by atoms with Crippen molar-refractivity contribution in [2.45, 2.75) is 51.1 Å². The molecule has 2 aromatic carbocycles. The number of amides is 2. The average Bonchev–Trinajstić information content (AvgIpc) is 3.56. The van der Waals surface area contributed by atoms with E-state index in [4.69, 9.17) is 9.15 Å². The van der Waals surface area contributed by atoms with Gasteiger partial charge in [0.25, 0.3) is 5.91 Å². The summed E-state index contributed by atoms with van der Waals surface area (Å²) in [6.07, 6.45) is 6.26. The Labute approximate surface area is 200 Å². The Kier molecular flexibility index (Phi) is 7.68. The molecule has 4 rings (SSSR count). The molecule has 1 aromatic heterocycles. The van der Waals surface area contributed by atoms with E-state index in [0.717, 1.165) is 42.4 Å². The summed E-state index contributed by atoms with van der Waals surface area (Å²) in [7, 11) is 1.61. The molecule has 2 amide bonds. The van der Waals surface area contributed by atoms with Crippen molar-refractivity contribution in [3.63, 3.8) is 0 Å². The third-order valence-corrected chi connectivity index (χ3v) is 6.41. The van der Waals surface area contributed by atoms with Gasteiger partial charge >= 0.3 is 0 Å². The van der Waals surface area contributed by atoms with Gasteiger partial charge in [-0.15, -0.1) is 0 Å². The molecule has 3 aromatic rings. The van der Waals surface area contributed by atoms with Gasteiger partial charge < -0.3 is 19.4 Å². The van der Waals surface area contributed by atoms with E-state index in [-0.39, 0.29) is 23.6 Å². The Morgan fingerprint density at radius 3 is 2.50 bits per heavy atom. The van der Waals surface area contributed by atoms with Gasteiger partial charge in [-0.2, -0.15) is 0 Å². The Morgan fingerprint density at radius 1 is 1.09 bits per heavy atom. The van der Waals surface area contributed by atoms with Crippen LogP contribution < -0.4 is 10.1 Å². The Bertz CT molecular complexity index is 1090. The number of hydrogen-bond acceptors (Lipinski definition) is 4. The Morgan fingerprint density at radius 2 is 1.85 bits per heavy atom. The SMILES string of the molecule is COc1ccc(C(C(=O)NC2CCCC2)N(CCc2cccc(C)c2)C(=O)c2ccco2)cc1. The van der Waals surface area contributed by atoms with Gasteiger partial charge in [0.1, 0.15) is 11.8 Å². The van der Waals surface area contributed by atoms with Crippen molar-refractivity contribution in [2.75, 3.05) is 13.7 Å². The van der Waals surface area contributed by atoms with E-state index in [1.807, 2.05) is 49.4 Å². The maximum Gasteiger partial charge on any atom is 0.290 e. The zero-order chi connectivity index (χ0) is 23.9. The first-order valence-corrected chi connectivity index (χ1v) is 11.9. The number of hydrogen-bond donors (Lipinski definition) is 1. The summed E-state index contributed by atoms with van der Waals surface area (Å²) >= 11 is 0. The van der Waals surface area contributed by atoms with Crippen molar-refractivity contribution < 1.29 is 18.7 Å². The number of carbonyl (C=O) groups excluding carboxylic acids is 2. The van der Waals surface area contributed by atoms with Crippen molar-refractivity contribution in [1.82, 2.24) is 10.2 Å². The molecular formula is C28H32N2O4. The zero-order valence-corrected chi connectivity index (χ0v) is 19.8. The molecule has 1 fully saturated rings. The number of benzene rings is 2. The molecule has 6 nitrogen and oxygen atoms in total. The highest BCUT2D eigenvalue weighted by Gasteiger charge is 2.34. The van der Waals surface area contributed by atoms with Crippen LogP contribution in [0.15, 0.2) is 71.3 Å². The number of rotatable bonds is 9. The van der Waals surface area contributed by atoms with E-state index in [1.54, 1.807) is 24.1 Å². The van der Waals surface area contributed by atoms with Gasteiger partial charge in [0.15, 0.2) is 5.76 Å². The fraction of sp³-hybridized carbons (Fsp3) is 0.357. The molecule has 6 heteroatoms. The molecule has 1 aliphatic carbocycles. The molecule has 1 saturated carbocycles. The summed E-state index contributed by atoms with van der Waals surface area (Å²) in [6, 6.07) is 18.2. The van der Waals surface area contributed by atoms with Crippen LogP contribution >= 0.6 is 0 Å². The van der Waals surface area contributed by atoms with Crippen LogP contribution in [0.5, 0.6) is 5.75 Å². The summed E-state index contributed by atoms with van der Waals surface area (Å²) in [6.45, 7) is 2.42. The minimum absolute atomic E-state index is 0.144. The van der Waals surface area contributed by atoms with Crippen LogP contribution in [0.1, 0.15) is 59.0 Å². The first kappa shape index (κ1) is 23.6. The first-order valence-electron chi connectivity index (χ1n) is 11.9. The lowest BCUT2D eigenvalue weighted by Gasteiger charge is -2.32. The van der Waals surface area contributed by atoms with Crippen LogP contribution in [0.4, 0.5) is 0 Å². The van der Waals surface area contributed by atoms with Gasteiger partial charge in [-0.1, -0.05) is 54.8 Å². The van der Waals surface area contributed by atoms with E-state index in [2.05, 4.69) is 11.4 Å². The van der Waals surface area contributed by atoms with Crippen molar-refractivity contribution in [1.29, 1.82) is 0 Å². The second kappa shape index (κ2) is 11.1.